The minimum Gasteiger partial charge on any atom is -0.307 e. The zero-order valence-electron chi connectivity index (χ0n) is 7.47. The normalized spacial score (nSPS) is 26.1. The lowest BCUT2D eigenvalue weighted by molar-refractivity contribution is 0.427. The summed E-state index contributed by atoms with van der Waals surface area (Å²) in [4.78, 5) is -1.61. The third kappa shape index (κ3) is 1.17. The highest BCUT2D eigenvalue weighted by atomic mass is 32.2. The fourth-order valence-electron chi connectivity index (χ4n) is 1.87. The topological polar surface area (TPSA) is 80.4 Å². The Balaban J connectivity index is 2.64. The minimum absolute atomic E-state index is 0.241. The molecule has 1 atom stereocenters. The van der Waals surface area contributed by atoms with Gasteiger partial charge in [0.1, 0.15) is 0 Å². The van der Waals surface area contributed by atoms with E-state index in [4.69, 9.17) is 10.3 Å². The maximum atomic E-state index is 11.1. The molecule has 0 spiro atoms. The molecule has 1 aromatic rings. The van der Waals surface area contributed by atoms with Gasteiger partial charge in [0, 0.05) is 0 Å². The molecule has 1 aliphatic rings. The van der Waals surface area contributed by atoms with Gasteiger partial charge in [-0.05, 0) is 24.0 Å². The fraction of sp³-hybridized carbons (Fsp3) is 0.333. The second kappa shape index (κ2) is 2.79. The highest BCUT2D eigenvalue weighted by Crippen LogP contribution is 2.37. The average molecular weight is 213 g/mol. The number of rotatable bonds is 1. The van der Waals surface area contributed by atoms with E-state index in [2.05, 4.69) is 0 Å². The van der Waals surface area contributed by atoms with Crippen LogP contribution in [0.3, 0.4) is 0 Å². The van der Waals surface area contributed by atoms with Crippen molar-refractivity contribution in [1.29, 1.82) is 0 Å². The molecular weight excluding hydrogens is 202 g/mol. The van der Waals surface area contributed by atoms with Crippen LogP contribution >= 0.6 is 0 Å². The van der Waals surface area contributed by atoms with Crippen LogP contribution in [0.2, 0.25) is 0 Å². The van der Waals surface area contributed by atoms with Crippen LogP contribution in [0, 0.1) is 0 Å². The average Bonchev–Trinajstić information content (AvgIpc) is 2.45. The van der Waals surface area contributed by atoms with Gasteiger partial charge in [-0.3, -0.25) is 4.55 Å². The molecule has 0 radical (unpaired) electrons. The first-order valence-corrected chi connectivity index (χ1v) is 5.73. The molecule has 0 aromatic heterocycles. The lowest BCUT2D eigenvalue weighted by Crippen LogP contribution is -2.42. The number of hydrogen-bond acceptors (Lipinski definition) is 3. The molecule has 1 aliphatic carbocycles. The van der Waals surface area contributed by atoms with Gasteiger partial charge in [0.25, 0.3) is 10.1 Å². The number of fused-ring (bicyclic) bond motifs is 1. The molecule has 0 bridgehead atoms. The van der Waals surface area contributed by atoms with Crippen LogP contribution < -0.4 is 5.73 Å². The van der Waals surface area contributed by atoms with Crippen LogP contribution in [0.5, 0.6) is 0 Å². The predicted octanol–water partition coefficient (Wildman–Crippen LogP) is 0.632. The van der Waals surface area contributed by atoms with Crippen LogP contribution in [0.25, 0.3) is 0 Å². The Labute approximate surface area is 82.5 Å². The largest absolute Gasteiger partial charge is 0.307 e. The summed E-state index contributed by atoms with van der Waals surface area (Å²) < 4.78 is 31.4. The minimum atomic E-state index is -4.24. The van der Waals surface area contributed by atoms with Crippen LogP contribution in [-0.4, -0.2) is 13.0 Å². The van der Waals surface area contributed by atoms with Crippen molar-refractivity contribution in [3.05, 3.63) is 35.4 Å². The fourth-order valence-corrected chi connectivity index (χ4v) is 2.71. The maximum absolute atomic E-state index is 11.1. The molecule has 2 rings (SSSR count). The van der Waals surface area contributed by atoms with Crippen molar-refractivity contribution >= 4 is 10.1 Å². The third-order valence-electron chi connectivity index (χ3n) is 2.70. The monoisotopic (exact) mass is 213 g/mol. The lowest BCUT2D eigenvalue weighted by atomic mass is 10.1. The first kappa shape index (κ1) is 9.64. The van der Waals surface area contributed by atoms with Gasteiger partial charge in [-0.1, -0.05) is 24.3 Å². The van der Waals surface area contributed by atoms with E-state index in [0.717, 1.165) is 5.56 Å². The van der Waals surface area contributed by atoms with Crippen LogP contribution in [0.15, 0.2) is 24.3 Å². The standard InChI is InChI=1S/C9H11NO3S/c10-9(14(11,12)13)6-5-7-3-1-2-4-8(7)9/h1-4H,5-6,10H2,(H,11,12,13). The van der Waals surface area contributed by atoms with Gasteiger partial charge in [0.2, 0.25) is 0 Å². The molecule has 0 saturated carbocycles. The Morgan fingerprint density at radius 2 is 2.00 bits per heavy atom. The van der Waals surface area contributed by atoms with Crippen molar-refractivity contribution in [3.8, 4) is 0 Å². The van der Waals surface area contributed by atoms with Gasteiger partial charge >= 0.3 is 0 Å². The molecule has 0 amide bonds. The summed E-state index contributed by atoms with van der Waals surface area (Å²) >= 11 is 0. The lowest BCUT2D eigenvalue weighted by Gasteiger charge is -2.20. The highest BCUT2D eigenvalue weighted by Gasteiger charge is 2.45. The molecule has 76 valence electrons. The van der Waals surface area contributed by atoms with E-state index in [9.17, 15) is 8.42 Å². The van der Waals surface area contributed by atoms with Crippen molar-refractivity contribution in [1.82, 2.24) is 0 Å². The number of nitrogens with two attached hydrogens (primary N) is 1. The second-order valence-corrected chi connectivity index (χ2v) is 5.20. The summed E-state index contributed by atoms with van der Waals surface area (Å²) in [5.74, 6) is 0. The zero-order chi connectivity index (χ0) is 10.4. The van der Waals surface area contributed by atoms with E-state index in [0.29, 0.717) is 12.0 Å². The molecule has 1 unspecified atom stereocenters. The molecule has 1 aromatic carbocycles. The molecule has 0 heterocycles. The molecule has 0 aliphatic heterocycles. The van der Waals surface area contributed by atoms with Gasteiger partial charge in [0.05, 0.1) is 0 Å². The maximum Gasteiger partial charge on any atom is 0.288 e. The SMILES string of the molecule is NC1(S(=O)(=O)O)CCc2ccccc21. The Morgan fingerprint density at radius 3 is 2.64 bits per heavy atom. The van der Waals surface area contributed by atoms with E-state index in [1.165, 1.54) is 0 Å². The van der Waals surface area contributed by atoms with E-state index in [1.807, 2.05) is 12.1 Å². The van der Waals surface area contributed by atoms with E-state index >= 15 is 0 Å². The number of benzene rings is 1. The quantitative estimate of drug-likeness (QED) is 0.670. The Hall–Kier alpha value is -0.910. The van der Waals surface area contributed by atoms with Crippen LogP contribution in [0.4, 0.5) is 0 Å². The predicted molar refractivity (Wildman–Crippen MR) is 52.2 cm³/mol. The molecular formula is C9H11NO3S. The summed E-state index contributed by atoms with van der Waals surface area (Å²) in [6.07, 6.45) is 0.831. The van der Waals surface area contributed by atoms with Gasteiger partial charge in [0.15, 0.2) is 4.87 Å². The first-order valence-electron chi connectivity index (χ1n) is 4.29. The van der Waals surface area contributed by atoms with Crippen molar-refractivity contribution in [3.63, 3.8) is 0 Å². The van der Waals surface area contributed by atoms with E-state index < -0.39 is 15.0 Å². The Morgan fingerprint density at radius 1 is 1.36 bits per heavy atom. The smallest absolute Gasteiger partial charge is 0.288 e. The molecule has 0 saturated heterocycles. The Bertz CT molecular complexity index is 469. The summed E-state index contributed by atoms with van der Waals surface area (Å²) in [5.41, 5.74) is 7.12. The van der Waals surface area contributed by atoms with Crippen molar-refractivity contribution < 1.29 is 13.0 Å². The van der Waals surface area contributed by atoms with Crippen LogP contribution in [-0.2, 0) is 21.4 Å². The summed E-state index contributed by atoms with van der Waals surface area (Å²) in [6, 6.07) is 7.02. The van der Waals surface area contributed by atoms with Crippen LogP contribution in [0.1, 0.15) is 17.5 Å². The summed E-state index contributed by atoms with van der Waals surface area (Å²) in [6.45, 7) is 0. The summed E-state index contributed by atoms with van der Waals surface area (Å²) in [5, 5.41) is 0. The van der Waals surface area contributed by atoms with E-state index in [1.54, 1.807) is 12.1 Å². The van der Waals surface area contributed by atoms with Crippen molar-refractivity contribution in [2.75, 3.05) is 0 Å². The van der Waals surface area contributed by atoms with Gasteiger partial charge in [-0.15, -0.1) is 0 Å². The molecule has 0 fully saturated rings. The molecule has 5 heteroatoms. The number of aryl methyl sites for hydroxylation is 1. The van der Waals surface area contributed by atoms with Crippen molar-refractivity contribution in [2.24, 2.45) is 5.73 Å². The first-order chi connectivity index (χ1) is 6.45. The second-order valence-electron chi connectivity index (χ2n) is 3.52. The zero-order valence-corrected chi connectivity index (χ0v) is 8.29. The van der Waals surface area contributed by atoms with Gasteiger partial charge < -0.3 is 5.73 Å². The molecule has 3 N–H and O–H groups in total. The third-order valence-corrected chi connectivity index (χ3v) is 4.04. The van der Waals surface area contributed by atoms with Crippen molar-refractivity contribution in [2.45, 2.75) is 17.7 Å². The van der Waals surface area contributed by atoms with E-state index in [-0.39, 0.29) is 6.42 Å². The highest BCUT2D eigenvalue weighted by molar-refractivity contribution is 7.86. The van der Waals surface area contributed by atoms with Gasteiger partial charge in [-0.2, -0.15) is 8.42 Å². The molecule has 4 nitrogen and oxygen atoms in total. The Kier molecular flexibility index (Phi) is 1.92. The number of hydrogen-bond donors (Lipinski definition) is 2. The molecule has 14 heavy (non-hydrogen) atoms. The summed E-state index contributed by atoms with van der Waals surface area (Å²) in [7, 11) is -4.24. The van der Waals surface area contributed by atoms with Gasteiger partial charge in [-0.25, -0.2) is 0 Å².